The van der Waals surface area contributed by atoms with Gasteiger partial charge in [-0.1, -0.05) is 6.92 Å². The van der Waals surface area contributed by atoms with Crippen LogP contribution in [0.3, 0.4) is 0 Å². The molecule has 94 valence electrons. The van der Waals surface area contributed by atoms with E-state index >= 15 is 0 Å². The van der Waals surface area contributed by atoms with Crippen molar-refractivity contribution in [3.8, 4) is 0 Å². The summed E-state index contributed by atoms with van der Waals surface area (Å²) in [7, 11) is 0. The molecule has 1 amide bonds. The lowest BCUT2D eigenvalue weighted by Crippen LogP contribution is -2.50. The molecule has 0 aliphatic carbocycles. The Kier molecular flexibility index (Phi) is 3.78. The van der Waals surface area contributed by atoms with Crippen molar-refractivity contribution in [2.75, 3.05) is 13.1 Å². The first-order chi connectivity index (χ1) is 8.20. The molecule has 0 aromatic carbocycles. The van der Waals surface area contributed by atoms with Gasteiger partial charge in [0, 0.05) is 6.54 Å². The van der Waals surface area contributed by atoms with Crippen LogP contribution < -0.4 is 5.32 Å². The zero-order valence-corrected chi connectivity index (χ0v) is 10.4. The van der Waals surface area contributed by atoms with Crippen LogP contribution in [0.1, 0.15) is 31.4 Å². The van der Waals surface area contributed by atoms with Crippen LogP contribution in [0.4, 0.5) is 0 Å². The van der Waals surface area contributed by atoms with Gasteiger partial charge in [0.15, 0.2) is 0 Å². The van der Waals surface area contributed by atoms with Crippen molar-refractivity contribution in [2.24, 2.45) is 0 Å². The van der Waals surface area contributed by atoms with Crippen molar-refractivity contribution in [1.29, 1.82) is 0 Å². The lowest BCUT2D eigenvalue weighted by Gasteiger charge is -2.31. The lowest BCUT2D eigenvalue weighted by atomic mass is 10.0. The van der Waals surface area contributed by atoms with Crippen LogP contribution in [0.2, 0.25) is 0 Å². The Morgan fingerprint density at radius 2 is 2.47 bits per heavy atom. The maximum Gasteiger partial charge on any atom is 0.240 e. The highest BCUT2D eigenvalue weighted by molar-refractivity contribution is 5.82. The quantitative estimate of drug-likeness (QED) is 0.851. The summed E-state index contributed by atoms with van der Waals surface area (Å²) in [6.45, 7) is 5.97. The molecule has 1 atom stereocenters. The number of hydrogen-bond donors (Lipinski definition) is 1. The summed E-state index contributed by atoms with van der Waals surface area (Å²) < 4.78 is 5.40. The topological polar surface area (TPSA) is 58.4 Å². The molecule has 1 aromatic heterocycles. The number of hydrogen-bond acceptors (Lipinski definition) is 4. The molecule has 17 heavy (non-hydrogen) atoms. The van der Waals surface area contributed by atoms with Crippen molar-refractivity contribution in [1.82, 2.24) is 15.2 Å². The zero-order chi connectivity index (χ0) is 12.3. The van der Waals surface area contributed by atoms with E-state index in [1.54, 1.807) is 6.20 Å². The van der Waals surface area contributed by atoms with E-state index in [1.807, 2.05) is 18.7 Å². The molecule has 1 unspecified atom stereocenters. The smallest absolute Gasteiger partial charge is 0.240 e. The third kappa shape index (κ3) is 2.85. The predicted octanol–water partition coefficient (Wildman–Crippen LogP) is 1.08. The largest absolute Gasteiger partial charge is 0.444 e. The van der Waals surface area contributed by atoms with Crippen molar-refractivity contribution in [2.45, 2.75) is 39.3 Å². The van der Waals surface area contributed by atoms with Gasteiger partial charge in [0.2, 0.25) is 11.8 Å². The number of rotatable bonds is 4. The second-order valence-corrected chi connectivity index (χ2v) is 4.38. The van der Waals surface area contributed by atoms with E-state index in [-0.39, 0.29) is 11.9 Å². The lowest BCUT2D eigenvalue weighted by molar-refractivity contribution is -0.136. The van der Waals surface area contributed by atoms with Gasteiger partial charge in [-0.25, -0.2) is 4.98 Å². The molecule has 5 nitrogen and oxygen atoms in total. The van der Waals surface area contributed by atoms with Crippen LogP contribution in [0, 0.1) is 6.92 Å². The molecule has 0 saturated carbocycles. The highest BCUT2D eigenvalue weighted by Crippen LogP contribution is 2.15. The van der Waals surface area contributed by atoms with Crippen LogP contribution in [0.25, 0.3) is 0 Å². The van der Waals surface area contributed by atoms with Crippen LogP contribution in [-0.4, -0.2) is 34.9 Å². The van der Waals surface area contributed by atoms with Gasteiger partial charge in [-0.2, -0.15) is 0 Å². The van der Waals surface area contributed by atoms with E-state index in [0.29, 0.717) is 12.4 Å². The first-order valence-electron chi connectivity index (χ1n) is 6.14. The number of likely N-dealkylation sites (N-methyl/N-ethyl adjacent to an activating group) is 1. The normalized spacial score (nSPS) is 20.9. The summed E-state index contributed by atoms with van der Waals surface area (Å²) in [5.41, 5.74) is 0. The molecule has 1 aromatic rings. The van der Waals surface area contributed by atoms with Gasteiger partial charge in [0.05, 0.1) is 18.8 Å². The number of nitrogens with zero attached hydrogens (tertiary/aromatic N) is 2. The van der Waals surface area contributed by atoms with Gasteiger partial charge >= 0.3 is 0 Å². The Morgan fingerprint density at radius 1 is 1.65 bits per heavy atom. The van der Waals surface area contributed by atoms with E-state index in [2.05, 4.69) is 10.3 Å². The van der Waals surface area contributed by atoms with Crippen LogP contribution >= 0.6 is 0 Å². The summed E-state index contributed by atoms with van der Waals surface area (Å²) in [6.07, 6.45) is 3.64. The number of nitrogens with one attached hydrogen (secondary N) is 1. The molecule has 1 saturated heterocycles. The Bertz CT molecular complexity index is 387. The number of likely N-dealkylation sites (tertiary alicyclic amines) is 1. The van der Waals surface area contributed by atoms with Crippen molar-refractivity contribution < 1.29 is 9.21 Å². The fourth-order valence-electron chi connectivity index (χ4n) is 2.17. The van der Waals surface area contributed by atoms with E-state index in [1.165, 1.54) is 0 Å². The molecular formula is C12H19N3O2. The Hall–Kier alpha value is -1.36. The van der Waals surface area contributed by atoms with E-state index in [4.69, 9.17) is 4.42 Å². The minimum Gasteiger partial charge on any atom is -0.444 e. The van der Waals surface area contributed by atoms with Gasteiger partial charge in [-0.3, -0.25) is 4.79 Å². The minimum atomic E-state index is -0.0372. The number of aromatic nitrogens is 1. The summed E-state index contributed by atoms with van der Waals surface area (Å²) in [6, 6.07) is -0.0372. The number of aryl methyl sites for hydroxylation is 1. The molecule has 1 N–H and O–H groups in total. The summed E-state index contributed by atoms with van der Waals surface area (Å²) in [5.74, 6) is 1.56. The minimum absolute atomic E-state index is 0.0372. The number of carbonyl (C=O) groups excluding carboxylic acids is 1. The van der Waals surface area contributed by atoms with Crippen molar-refractivity contribution in [3.05, 3.63) is 17.8 Å². The molecule has 0 radical (unpaired) electrons. The highest BCUT2D eigenvalue weighted by atomic mass is 16.4. The van der Waals surface area contributed by atoms with Gasteiger partial charge in [-0.05, 0) is 26.3 Å². The van der Waals surface area contributed by atoms with Crippen LogP contribution in [0.5, 0.6) is 0 Å². The highest BCUT2D eigenvalue weighted by Gasteiger charge is 2.28. The summed E-state index contributed by atoms with van der Waals surface area (Å²) >= 11 is 0. The van der Waals surface area contributed by atoms with Gasteiger partial charge in [0.1, 0.15) is 5.76 Å². The van der Waals surface area contributed by atoms with Gasteiger partial charge in [-0.15, -0.1) is 0 Å². The summed E-state index contributed by atoms with van der Waals surface area (Å²) in [4.78, 5) is 18.1. The number of piperidine rings is 1. The van der Waals surface area contributed by atoms with Crippen LogP contribution in [0.15, 0.2) is 10.6 Å². The summed E-state index contributed by atoms with van der Waals surface area (Å²) in [5, 5.41) is 3.21. The van der Waals surface area contributed by atoms with E-state index in [9.17, 15) is 4.79 Å². The molecule has 0 spiro atoms. The number of oxazole rings is 1. The van der Waals surface area contributed by atoms with Crippen LogP contribution in [-0.2, 0) is 11.3 Å². The number of carbonyl (C=O) groups is 1. The number of amides is 1. The SMILES string of the molecule is CCNC1CCCN(Cc2ncc(C)o2)C1=O. The Labute approximate surface area is 101 Å². The maximum atomic E-state index is 12.1. The third-order valence-electron chi connectivity index (χ3n) is 2.98. The molecule has 5 heteroatoms. The van der Waals surface area contributed by atoms with Crippen molar-refractivity contribution in [3.63, 3.8) is 0 Å². The van der Waals surface area contributed by atoms with Crippen molar-refractivity contribution >= 4 is 5.91 Å². The molecule has 1 fully saturated rings. The average molecular weight is 237 g/mol. The Balaban J connectivity index is 1.98. The van der Waals surface area contributed by atoms with Gasteiger partial charge < -0.3 is 14.6 Å². The average Bonchev–Trinajstić information content (AvgIpc) is 2.70. The first kappa shape index (κ1) is 12.1. The molecule has 2 heterocycles. The van der Waals surface area contributed by atoms with E-state index < -0.39 is 0 Å². The maximum absolute atomic E-state index is 12.1. The molecule has 1 aliphatic rings. The fraction of sp³-hybridized carbons (Fsp3) is 0.667. The standard InChI is InChI=1S/C12H19N3O2/c1-3-13-10-5-4-6-15(12(10)16)8-11-14-7-9(2)17-11/h7,10,13H,3-6,8H2,1-2H3. The monoisotopic (exact) mass is 237 g/mol. The zero-order valence-electron chi connectivity index (χ0n) is 10.4. The second-order valence-electron chi connectivity index (χ2n) is 4.38. The predicted molar refractivity (Wildman–Crippen MR) is 63.4 cm³/mol. The molecule has 1 aliphatic heterocycles. The molecule has 2 rings (SSSR count). The van der Waals surface area contributed by atoms with E-state index in [0.717, 1.165) is 31.7 Å². The Morgan fingerprint density at radius 3 is 3.12 bits per heavy atom. The first-order valence-corrected chi connectivity index (χ1v) is 6.14. The molecular weight excluding hydrogens is 218 g/mol. The third-order valence-corrected chi connectivity index (χ3v) is 2.98. The second kappa shape index (κ2) is 5.31. The fourth-order valence-corrected chi connectivity index (χ4v) is 2.17. The molecule has 0 bridgehead atoms. The van der Waals surface area contributed by atoms with Gasteiger partial charge in [0.25, 0.3) is 0 Å².